The second-order valence-electron chi connectivity index (χ2n) is 30.6. The van der Waals surface area contributed by atoms with Gasteiger partial charge in [0.2, 0.25) is 27.2 Å². The predicted molar refractivity (Wildman–Crippen MR) is 405 cm³/mol. The van der Waals surface area contributed by atoms with Gasteiger partial charge >= 0.3 is 50.4 Å². The lowest BCUT2D eigenvalue weighted by Gasteiger charge is -2.45. The van der Waals surface area contributed by atoms with Crippen LogP contribution in [-0.4, -0.2) is 190 Å². The Morgan fingerprint density at radius 3 is 1.14 bits per heavy atom. The van der Waals surface area contributed by atoms with Gasteiger partial charge in [0.25, 0.3) is 19.6 Å². The number of aromatic amines is 2. The number of hydrogen-bond donors (Lipinski definition) is 3. The Hall–Kier alpha value is -5.58. The highest BCUT2D eigenvalue weighted by atomic mass is 31.2. The van der Waals surface area contributed by atoms with Gasteiger partial charge < -0.3 is 56.6 Å². The van der Waals surface area contributed by atoms with Gasteiger partial charge in [0.05, 0.1) is 59.9 Å². The molecule has 0 aromatic carbocycles. The number of aliphatic hydroxyl groups excluding tert-OH is 1. The molecule has 0 spiro atoms. The molecule has 3 unspecified atom stereocenters. The van der Waals surface area contributed by atoms with Crippen molar-refractivity contribution in [2.45, 2.75) is 264 Å². The molecule has 4 heterocycles. The van der Waals surface area contributed by atoms with Crippen LogP contribution in [0.25, 0.3) is 0 Å². The maximum Gasteiger partial charge on any atom is 0.359 e. The number of H-pyrrole nitrogens is 2. The van der Waals surface area contributed by atoms with Gasteiger partial charge in [0.15, 0.2) is 20.9 Å². The Morgan fingerprint density at radius 1 is 0.523 bits per heavy atom. The SMILES string of the molecule is CC(C)N(C(C)C)P(OCCC#N)N(C(C)C)C(C)C.CO[C@H]1C(O)[C@@H](/C=C/P(=O)(OCOC(=O)C(C)(C)C)OCOC(=O)C(C)(C)C)O[C@H]1n1ccc(=O)[nH]c1=O.CO[C@H]1C(OP(OCCC#N)N(C(C)C)C(C)C)[C@@H](/C=C/P(=O)(OCOC(=O)C(C)(C)C)OCOC(=O)C(C)(C)C)O[C@H]1n1ccc(=O)[nH]c1=O. The Bertz CT molecular complexity index is 3570. The van der Waals surface area contributed by atoms with Gasteiger partial charge in [-0.1, -0.05) is 0 Å². The van der Waals surface area contributed by atoms with Gasteiger partial charge in [-0.3, -0.25) is 75.1 Å². The smallest absolute Gasteiger partial charge is 0.359 e. The molecule has 2 aliphatic rings. The number of aliphatic hydroxyl groups is 1. The van der Waals surface area contributed by atoms with Gasteiger partial charge in [-0.25, -0.2) is 23.6 Å². The van der Waals surface area contributed by atoms with Gasteiger partial charge in [-0.05, 0) is 178 Å². The minimum Gasteiger partial charge on any atom is -0.438 e. The number of carbonyl (C=O) groups is 4. The van der Waals surface area contributed by atoms with Crippen molar-refractivity contribution in [3.05, 3.63) is 90.0 Å². The summed E-state index contributed by atoms with van der Waals surface area (Å²) >= 11 is 0. The van der Waals surface area contributed by atoms with E-state index in [1.165, 1.54) is 32.7 Å². The van der Waals surface area contributed by atoms with Crippen molar-refractivity contribution in [1.82, 2.24) is 33.1 Å². The second-order valence-corrected chi connectivity index (χ2v) is 37.5. The molecule has 9 atom stereocenters. The molecule has 2 aromatic heterocycles. The fraction of sp³-hybridized carbons (Fsp3) is 0.743. The Labute approximate surface area is 642 Å². The topological polar surface area (TPSA) is 428 Å². The summed E-state index contributed by atoms with van der Waals surface area (Å²) in [5.41, 5.74) is -6.28. The lowest BCUT2D eigenvalue weighted by Crippen LogP contribution is -2.43. The van der Waals surface area contributed by atoms with E-state index in [-0.39, 0.29) is 25.1 Å². The standard InChI is InChI=1S/C32H52N4O13P2.C23H35N2O12P.C15H32N3OP/c1-21(2)36(22(3)4)50(45-17-12-15-33)49-25-23(48-27(26(25)42-11)35-16-13-24(37)34-30(35)40)14-18-51(41,46-19-43-28(38)31(5,6)7)47-20-44-29(39)32(8,9)10;1-22(2,3)19(28)33-12-35-38(31,36-13-34-20(29)23(4,5)6)11-9-14-16(27)17(32-7)18(37-14)25-10-8-15(26)24-21(25)30;1-12(2)17(13(3)4)20(19-11-9-10-16)18(14(5)6)15(7)8/h13-14,16,18,21-23,25-27H,12,17,19-20H2,1-11H3,(H,34,37,40);8-11,14,16-18,27H,12-13H2,1-7H3,(H,24,26,30);12-15H,9,11H2,1-8H3/b18-14+;11-9+;/t23-,25?,26+,27-,50?;14-,16?,17+,18-;/m11./s1. The summed E-state index contributed by atoms with van der Waals surface area (Å²) in [5, 5.41) is 28.6. The predicted octanol–water partition coefficient (Wildman–Crippen LogP) is 11.0. The summed E-state index contributed by atoms with van der Waals surface area (Å²) in [6.07, 6.45) is -3.60. The molecule has 109 heavy (non-hydrogen) atoms. The molecule has 0 amide bonds. The summed E-state index contributed by atoms with van der Waals surface area (Å²) in [5.74, 6) is -0.534. The number of nitriles is 2. The van der Waals surface area contributed by atoms with Crippen molar-refractivity contribution >= 4 is 56.0 Å². The first-order valence-electron chi connectivity index (χ1n) is 35.5. The summed E-state index contributed by atoms with van der Waals surface area (Å²) in [7, 11) is -8.65. The summed E-state index contributed by atoms with van der Waals surface area (Å²) in [6, 6.07) is 7.99. The van der Waals surface area contributed by atoms with Gasteiger partial charge in [-0.2, -0.15) is 10.5 Å². The van der Waals surface area contributed by atoms with E-state index in [9.17, 15) is 52.6 Å². The van der Waals surface area contributed by atoms with E-state index in [1.54, 1.807) is 83.1 Å². The Kier molecular flexibility index (Phi) is 41.4. The van der Waals surface area contributed by atoms with Gasteiger partial charge in [-0.15, -0.1) is 0 Å². The van der Waals surface area contributed by atoms with Gasteiger partial charge in [0.1, 0.15) is 36.6 Å². The van der Waals surface area contributed by atoms with Gasteiger partial charge in [0, 0.05) is 86.6 Å². The minimum absolute atomic E-state index is 0.0597. The largest absolute Gasteiger partial charge is 0.438 e. The van der Waals surface area contributed by atoms with E-state index in [1.807, 2.05) is 38.4 Å². The lowest BCUT2D eigenvalue weighted by atomic mass is 9.98. The molecule has 35 nitrogen and oxygen atoms in total. The molecular formula is C70H119N9O26P4. The van der Waals surface area contributed by atoms with Crippen LogP contribution in [0.2, 0.25) is 0 Å². The highest BCUT2D eigenvalue weighted by Crippen LogP contribution is 2.55. The van der Waals surface area contributed by atoms with Crippen molar-refractivity contribution in [1.29, 1.82) is 10.5 Å². The molecule has 39 heteroatoms. The quantitative estimate of drug-likeness (QED) is 0.0186. The number of carbonyl (C=O) groups excluding carboxylic acids is 4. The molecule has 0 aliphatic carbocycles. The summed E-state index contributed by atoms with van der Waals surface area (Å²) in [6.45, 7) is 42.5. The zero-order valence-corrected chi connectivity index (χ0v) is 71.5. The lowest BCUT2D eigenvalue weighted by molar-refractivity contribution is -0.163. The number of nitrogens with one attached hydrogen (secondary N) is 2. The molecule has 0 bridgehead atoms. The molecule has 0 saturated carbocycles. The van der Waals surface area contributed by atoms with Crippen molar-refractivity contribution in [2.75, 3.05) is 54.6 Å². The first kappa shape index (κ1) is 99.5. The van der Waals surface area contributed by atoms with E-state index in [0.29, 0.717) is 37.2 Å². The highest BCUT2D eigenvalue weighted by Gasteiger charge is 2.50. The maximum absolute atomic E-state index is 14.0. The van der Waals surface area contributed by atoms with Crippen molar-refractivity contribution in [3.8, 4) is 12.1 Å². The average molecular weight is 1630 g/mol. The third-order valence-electron chi connectivity index (χ3n) is 15.1. The number of ether oxygens (including phenoxy) is 8. The fourth-order valence-electron chi connectivity index (χ4n) is 9.90. The molecular weight excluding hydrogens is 1510 g/mol. The van der Waals surface area contributed by atoms with E-state index in [0.717, 1.165) is 39.0 Å². The highest BCUT2D eigenvalue weighted by molar-refractivity contribution is 7.57. The molecule has 620 valence electrons. The molecule has 2 saturated heterocycles. The number of aromatic nitrogens is 4. The van der Waals surface area contributed by atoms with Crippen LogP contribution in [0.4, 0.5) is 0 Å². The van der Waals surface area contributed by atoms with Crippen LogP contribution in [0.1, 0.15) is 191 Å². The zero-order valence-electron chi connectivity index (χ0n) is 67.9. The van der Waals surface area contributed by atoms with Crippen molar-refractivity contribution < 1.29 is 103 Å². The fourth-order valence-corrected chi connectivity index (χ4v) is 16.0. The zero-order chi connectivity index (χ0) is 83.5. The maximum atomic E-state index is 14.0. The number of hydrogen-bond acceptors (Lipinski definition) is 31. The number of rotatable bonds is 37. The van der Waals surface area contributed by atoms with Crippen LogP contribution in [0.3, 0.4) is 0 Å². The van der Waals surface area contributed by atoms with E-state index >= 15 is 0 Å². The molecule has 0 radical (unpaired) electrons. The van der Waals surface area contributed by atoms with Crippen LogP contribution in [0, 0.1) is 44.3 Å². The molecule has 3 N–H and O–H groups in total. The van der Waals surface area contributed by atoms with E-state index < -0.39 is 176 Å². The Balaban J connectivity index is 0.000000608. The van der Waals surface area contributed by atoms with Crippen LogP contribution < -0.4 is 22.5 Å². The summed E-state index contributed by atoms with van der Waals surface area (Å²) < 4.78 is 120. The first-order valence-corrected chi connectivity index (χ1v) is 41.0. The Morgan fingerprint density at radius 2 is 0.835 bits per heavy atom. The number of methoxy groups -OCH3 is 2. The minimum atomic E-state index is -4.36. The normalized spacial score (nSPS) is 19.8. The molecule has 4 rings (SSSR count). The van der Waals surface area contributed by atoms with E-state index in [2.05, 4.69) is 80.8 Å². The second kappa shape index (κ2) is 45.3. The summed E-state index contributed by atoms with van der Waals surface area (Å²) in [4.78, 5) is 101. The van der Waals surface area contributed by atoms with Crippen LogP contribution in [0.15, 0.2) is 67.5 Å². The van der Waals surface area contributed by atoms with Crippen molar-refractivity contribution in [2.24, 2.45) is 21.7 Å². The third kappa shape index (κ3) is 32.4. The van der Waals surface area contributed by atoms with Crippen molar-refractivity contribution in [3.63, 3.8) is 0 Å². The first-order chi connectivity index (χ1) is 50.4. The number of esters is 4. The van der Waals surface area contributed by atoms with E-state index in [4.69, 9.17) is 80.1 Å². The number of nitrogens with zero attached hydrogens (tertiary/aromatic N) is 7. The average Bonchev–Trinajstić information content (AvgIpc) is 1.63. The molecule has 2 aromatic rings. The third-order valence-corrected chi connectivity index (χ3v) is 23.2. The van der Waals surface area contributed by atoms with Crippen LogP contribution in [0.5, 0.6) is 0 Å². The van der Waals surface area contributed by atoms with Crippen LogP contribution in [-0.2, 0) is 97.9 Å². The monoisotopic (exact) mass is 1630 g/mol. The molecule has 2 aliphatic heterocycles. The molecule has 2 fully saturated rings. The van der Waals surface area contributed by atoms with Crippen LogP contribution >= 0.6 is 32.2 Å².